The van der Waals surface area contributed by atoms with Gasteiger partial charge in [0.25, 0.3) is 0 Å². The van der Waals surface area contributed by atoms with Crippen molar-refractivity contribution in [3.8, 4) is 0 Å². The first kappa shape index (κ1) is 22.2. The highest BCUT2D eigenvalue weighted by molar-refractivity contribution is 5.91. The molecular formula is C19H31Cl2N3O. The first-order valence-electron chi connectivity index (χ1n) is 9.03. The van der Waals surface area contributed by atoms with E-state index in [0.29, 0.717) is 12.5 Å². The molecule has 3 rings (SSSR count). The van der Waals surface area contributed by atoms with Gasteiger partial charge in [0.15, 0.2) is 0 Å². The van der Waals surface area contributed by atoms with E-state index in [-0.39, 0.29) is 30.7 Å². The topological polar surface area (TPSA) is 44.4 Å². The zero-order valence-electron chi connectivity index (χ0n) is 15.0. The second-order valence-electron chi connectivity index (χ2n) is 7.20. The third-order valence-corrected chi connectivity index (χ3v) is 5.11. The third kappa shape index (κ3) is 7.14. The SMILES string of the molecule is CC1CCN(Cc2ccc(NC(=O)CC3CCCN3)cc2)CC1.Cl.Cl. The fourth-order valence-corrected chi connectivity index (χ4v) is 3.54. The van der Waals surface area contributed by atoms with Crippen molar-refractivity contribution in [3.05, 3.63) is 29.8 Å². The molecule has 1 aromatic rings. The summed E-state index contributed by atoms with van der Waals surface area (Å²) in [6, 6.07) is 8.70. The van der Waals surface area contributed by atoms with Crippen molar-refractivity contribution in [1.82, 2.24) is 10.2 Å². The van der Waals surface area contributed by atoms with Crippen LogP contribution in [0.15, 0.2) is 24.3 Å². The maximum absolute atomic E-state index is 12.0. The standard InChI is InChI=1S/C19H29N3O.2ClH/c1-15-8-11-22(12-9-15)14-16-4-6-17(7-5-16)21-19(23)13-18-3-2-10-20-18;;/h4-7,15,18,20H,2-3,8-14H2,1H3,(H,21,23);2*1H. The number of hydrogen-bond donors (Lipinski definition) is 2. The molecular weight excluding hydrogens is 357 g/mol. The van der Waals surface area contributed by atoms with Crippen molar-refractivity contribution in [2.24, 2.45) is 5.92 Å². The summed E-state index contributed by atoms with van der Waals surface area (Å²) in [5.74, 6) is 0.986. The monoisotopic (exact) mass is 387 g/mol. The summed E-state index contributed by atoms with van der Waals surface area (Å²) < 4.78 is 0. The van der Waals surface area contributed by atoms with E-state index in [9.17, 15) is 4.79 Å². The van der Waals surface area contributed by atoms with Crippen LogP contribution in [0.1, 0.15) is 44.6 Å². The molecule has 1 unspecified atom stereocenters. The molecule has 1 atom stereocenters. The molecule has 0 bridgehead atoms. The molecule has 2 saturated heterocycles. The summed E-state index contributed by atoms with van der Waals surface area (Å²) in [5.41, 5.74) is 2.24. The Kier molecular flexibility index (Phi) is 9.80. The van der Waals surface area contributed by atoms with E-state index in [2.05, 4.69) is 34.6 Å². The molecule has 0 radical (unpaired) electrons. The molecule has 2 fully saturated rings. The molecule has 2 heterocycles. The van der Waals surface area contributed by atoms with E-state index in [1.807, 2.05) is 12.1 Å². The smallest absolute Gasteiger partial charge is 0.225 e. The number of benzene rings is 1. The van der Waals surface area contributed by atoms with Crippen molar-refractivity contribution in [1.29, 1.82) is 0 Å². The number of hydrogen-bond acceptors (Lipinski definition) is 3. The fraction of sp³-hybridized carbons (Fsp3) is 0.632. The number of amides is 1. The first-order chi connectivity index (χ1) is 11.2. The second-order valence-corrected chi connectivity index (χ2v) is 7.20. The number of piperidine rings is 1. The van der Waals surface area contributed by atoms with Gasteiger partial charge in [-0.2, -0.15) is 0 Å². The Morgan fingerprint density at radius 1 is 1.16 bits per heavy atom. The molecule has 2 N–H and O–H groups in total. The highest BCUT2D eigenvalue weighted by Crippen LogP contribution is 2.19. The van der Waals surface area contributed by atoms with Crippen molar-refractivity contribution in [2.45, 2.75) is 51.6 Å². The van der Waals surface area contributed by atoms with Gasteiger partial charge in [-0.05, 0) is 68.9 Å². The number of carbonyl (C=O) groups is 1. The Bertz CT molecular complexity index is 510. The van der Waals surface area contributed by atoms with Gasteiger partial charge in [-0.25, -0.2) is 0 Å². The molecule has 2 aliphatic heterocycles. The van der Waals surface area contributed by atoms with E-state index >= 15 is 0 Å². The van der Waals surface area contributed by atoms with Gasteiger partial charge >= 0.3 is 0 Å². The van der Waals surface area contributed by atoms with Crippen LogP contribution in [0, 0.1) is 5.92 Å². The lowest BCUT2D eigenvalue weighted by atomic mass is 9.99. The van der Waals surface area contributed by atoms with Crippen molar-refractivity contribution < 1.29 is 4.79 Å². The van der Waals surface area contributed by atoms with Gasteiger partial charge < -0.3 is 10.6 Å². The predicted octanol–water partition coefficient (Wildman–Crippen LogP) is 3.84. The normalized spacial score (nSPS) is 21.2. The molecule has 6 heteroatoms. The summed E-state index contributed by atoms with van der Waals surface area (Å²) >= 11 is 0. The van der Waals surface area contributed by atoms with Gasteiger partial charge in [0.1, 0.15) is 0 Å². The zero-order valence-corrected chi connectivity index (χ0v) is 16.6. The number of rotatable bonds is 5. The summed E-state index contributed by atoms with van der Waals surface area (Å²) in [4.78, 5) is 14.6. The lowest BCUT2D eigenvalue weighted by Gasteiger charge is -2.30. The molecule has 0 aromatic heterocycles. The van der Waals surface area contributed by atoms with Crippen LogP contribution in [0.3, 0.4) is 0 Å². The number of carbonyl (C=O) groups excluding carboxylic acids is 1. The lowest BCUT2D eigenvalue weighted by Crippen LogP contribution is -2.32. The average molecular weight is 388 g/mol. The van der Waals surface area contributed by atoms with Crippen LogP contribution in [0.4, 0.5) is 5.69 Å². The molecule has 142 valence electrons. The van der Waals surface area contributed by atoms with Gasteiger partial charge in [-0.1, -0.05) is 19.1 Å². The number of likely N-dealkylation sites (tertiary alicyclic amines) is 1. The van der Waals surface area contributed by atoms with Gasteiger partial charge in [-0.3, -0.25) is 9.69 Å². The zero-order chi connectivity index (χ0) is 16.1. The quantitative estimate of drug-likeness (QED) is 0.806. The predicted molar refractivity (Wildman–Crippen MR) is 109 cm³/mol. The van der Waals surface area contributed by atoms with Gasteiger partial charge in [0, 0.05) is 24.7 Å². The Balaban J connectivity index is 0.00000156. The van der Waals surface area contributed by atoms with Crippen LogP contribution in [0.2, 0.25) is 0 Å². The molecule has 2 aliphatic rings. The highest BCUT2D eigenvalue weighted by Gasteiger charge is 2.18. The Morgan fingerprint density at radius 3 is 2.44 bits per heavy atom. The van der Waals surface area contributed by atoms with Crippen LogP contribution in [-0.2, 0) is 11.3 Å². The van der Waals surface area contributed by atoms with Crippen LogP contribution < -0.4 is 10.6 Å². The van der Waals surface area contributed by atoms with Crippen LogP contribution in [-0.4, -0.2) is 36.5 Å². The largest absolute Gasteiger partial charge is 0.326 e. The minimum Gasteiger partial charge on any atom is -0.326 e. The maximum Gasteiger partial charge on any atom is 0.225 e. The minimum atomic E-state index is 0. The maximum atomic E-state index is 12.0. The van der Waals surface area contributed by atoms with E-state index < -0.39 is 0 Å². The molecule has 1 aromatic carbocycles. The Morgan fingerprint density at radius 2 is 1.84 bits per heavy atom. The Labute approximate surface area is 163 Å². The van der Waals surface area contributed by atoms with E-state index in [1.54, 1.807) is 0 Å². The van der Waals surface area contributed by atoms with E-state index in [4.69, 9.17) is 0 Å². The summed E-state index contributed by atoms with van der Waals surface area (Å²) in [6.07, 6.45) is 5.49. The van der Waals surface area contributed by atoms with Crippen molar-refractivity contribution in [2.75, 3.05) is 25.0 Å². The van der Waals surface area contributed by atoms with Crippen LogP contribution >= 0.6 is 24.8 Å². The first-order valence-corrected chi connectivity index (χ1v) is 9.03. The number of nitrogens with zero attached hydrogens (tertiary/aromatic N) is 1. The number of anilines is 1. The summed E-state index contributed by atoms with van der Waals surface area (Å²) in [6.45, 7) is 6.81. The van der Waals surface area contributed by atoms with Gasteiger partial charge in [-0.15, -0.1) is 24.8 Å². The van der Waals surface area contributed by atoms with Gasteiger partial charge in [0.05, 0.1) is 0 Å². The number of nitrogens with one attached hydrogen (secondary N) is 2. The molecule has 0 saturated carbocycles. The molecule has 0 spiro atoms. The van der Waals surface area contributed by atoms with E-state index in [0.717, 1.165) is 31.1 Å². The minimum absolute atomic E-state index is 0. The fourth-order valence-electron chi connectivity index (χ4n) is 3.54. The molecule has 0 aliphatic carbocycles. The van der Waals surface area contributed by atoms with Crippen molar-refractivity contribution in [3.63, 3.8) is 0 Å². The number of halogens is 2. The second kappa shape index (κ2) is 11.0. The van der Waals surface area contributed by atoms with Crippen LogP contribution in [0.5, 0.6) is 0 Å². The van der Waals surface area contributed by atoms with Crippen molar-refractivity contribution >= 4 is 36.4 Å². The summed E-state index contributed by atoms with van der Waals surface area (Å²) in [7, 11) is 0. The summed E-state index contributed by atoms with van der Waals surface area (Å²) in [5, 5.41) is 6.38. The van der Waals surface area contributed by atoms with E-state index in [1.165, 1.54) is 37.9 Å². The molecule has 1 amide bonds. The average Bonchev–Trinajstić information content (AvgIpc) is 3.04. The third-order valence-electron chi connectivity index (χ3n) is 5.11. The molecule has 25 heavy (non-hydrogen) atoms. The lowest BCUT2D eigenvalue weighted by molar-refractivity contribution is -0.116. The molecule has 4 nitrogen and oxygen atoms in total. The Hall–Kier alpha value is -0.810. The highest BCUT2D eigenvalue weighted by atomic mass is 35.5. The van der Waals surface area contributed by atoms with Crippen LogP contribution in [0.25, 0.3) is 0 Å². The van der Waals surface area contributed by atoms with Gasteiger partial charge in [0.2, 0.25) is 5.91 Å².